The number of H-pyrrole nitrogens is 1. The lowest BCUT2D eigenvalue weighted by molar-refractivity contribution is 0.391. The van der Waals surface area contributed by atoms with E-state index >= 15 is 0 Å². The summed E-state index contributed by atoms with van der Waals surface area (Å²) >= 11 is 3.11. The maximum atomic E-state index is 12.9. The first-order valence-electron chi connectivity index (χ1n) is 9.18. The van der Waals surface area contributed by atoms with Crippen molar-refractivity contribution in [1.82, 2.24) is 24.7 Å². The van der Waals surface area contributed by atoms with Gasteiger partial charge in [0, 0.05) is 22.2 Å². The Balaban J connectivity index is 1.59. The van der Waals surface area contributed by atoms with Gasteiger partial charge in [-0.25, -0.2) is 4.98 Å². The van der Waals surface area contributed by atoms with Crippen molar-refractivity contribution in [2.45, 2.75) is 42.6 Å². The summed E-state index contributed by atoms with van der Waals surface area (Å²) in [6.45, 7) is 5.86. The number of aromatic amines is 1. The Morgan fingerprint density at radius 1 is 1.21 bits per heavy atom. The van der Waals surface area contributed by atoms with Crippen LogP contribution < -0.4 is 5.56 Å². The molecule has 0 amide bonds. The number of hydrogen-bond donors (Lipinski definition) is 1. The number of benzene rings is 1. The topological polar surface area (TPSA) is 89.6 Å². The normalized spacial score (nSPS) is 11.6. The molecule has 0 aliphatic rings. The summed E-state index contributed by atoms with van der Waals surface area (Å²) in [4.78, 5) is 26.3. The number of nitrogens with zero attached hydrogens (tertiary/aromatic N) is 4. The Hall–Kier alpha value is -2.52. The van der Waals surface area contributed by atoms with Gasteiger partial charge in [-0.15, -0.1) is 11.8 Å². The molecule has 7 nitrogen and oxygen atoms in total. The zero-order chi connectivity index (χ0) is 20.5. The first kappa shape index (κ1) is 19.8. The second-order valence-corrected chi connectivity index (χ2v) is 8.73. The van der Waals surface area contributed by atoms with Crippen molar-refractivity contribution in [2.24, 2.45) is 0 Å². The van der Waals surface area contributed by atoms with Crippen molar-refractivity contribution < 1.29 is 4.52 Å². The van der Waals surface area contributed by atoms with E-state index in [2.05, 4.69) is 20.1 Å². The Kier molecular flexibility index (Phi) is 5.51. The molecule has 1 aromatic carbocycles. The highest BCUT2D eigenvalue weighted by atomic mass is 32.2. The van der Waals surface area contributed by atoms with Gasteiger partial charge in [0.15, 0.2) is 5.16 Å². The van der Waals surface area contributed by atoms with Crippen LogP contribution in [0.4, 0.5) is 0 Å². The summed E-state index contributed by atoms with van der Waals surface area (Å²) in [5, 5.41) is 4.72. The predicted octanol–water partition coefficient (Wildman–Crippen LogP) is 4.68. The highest BCUT2D eigenvalue weighted by Crippen LogP contribution is 2.26. The van der Waals surface area contributed by atoms with Gasteiger partial charge in [-0.05, 0) is 57.4 Å². The van der Waals surface area contributed by atoms with Crippen molar-refractivity contribution in [2.75, 3.05) is 6.26 Å². The van der Waals surface area contributed by atoms with E-state index in [1.807, 2.05) is 57.4 Å². The maximum absolute atomic E-state index is 12.9. The Morgan fingerprint density at radius 2 is 1.97 bits per heavy atom. The first-order chi connectivity index (χ1) is 14.0. The lowest BCUT2D eigenvalue weighted by atomic mass is 10.2. The van der Waals surface area contributed by atoms with Crippen molar-refractivity contribution in [3.63, 3.8) is 0 Å². The second kappa shape index (κ2) is 8.08. The van der Waals surface area contributed by atoms with E-state index in [0.29, 0.717) is 33.7 Å². The molecule has 0 bridgehead atoms. The molecule has 4 aromatic rings. The van der Waals surface area contributed by atoms with E-state index < -0.39 is 0 Å². The number of rotatable bonds is 6. The molecule has 0 saturated carbocycles. The van der Waals surface area contributed by atoms with Crippen molar-refractivity contribution in [3.05, 3.63) is 52.3 Å². The van der Waals surface area contributed by atoms with E-state index in [-0.39, 0.29) is 11.6 Å². The molecule has 4 rings (SSSR count). The van der Waals surface area contributed by atoms with Gasteiger partial charge in [-0.3, -0.25) is 9.36 Å². The average Bonchev–Trinajstić information content (AvgIpc) is 3.32. The van der Waals surface area contributed by atoms with Crippen LogP contribution in [-0.2, 0) is 5.75 Å². The molecule has 0 unspecified atom stereocenters. The van der Waals surface area contributed by atoms with Gasteiger partial charge >= 0.3 is 0 Å². The van der Waals surface area contributed by atoms with E-state index in [9.17, 15) is 4.79 Å². The molecule has 150 valence electrons. The van der Waals surface area contributed by atoms with Crippen molar-refractivity contribution in [3.8, 4) is 11.4 Å². The zero-order valence-corrected chi connectivity index (χ0v) is 18.2. The summed E-state index contributed by atoms with van der Waals surface area (Å²) in [6.07, 6.45) is 2.04. The largest absolute Gasteiger partial charge is 0.353 e. The Labute approximate surface area is 176 Å². The van der Waals surface area contributed by atoms with Crippen LogP contribution in [0.1, 0.15) is 31.5 Å². The molecule has 0 saturated heterocycles. The van der Waals surface area contributed by atoms with Crippen LogP contribution in [0.5, 0.6) is 0 Å². The fourth-order valence-electron chi connectivity index (χ4n) is 3.04. The third kappa shape index (κ3) is 3.97. The third-order valence-corrected chi connectivity index (χ3v) is 6.12. The molecule has 0 spiro atoms. The Bertz CT molecular complexity index is 1210. The number of thioether (sulfide) groups is 2. The quantitative estimate of drug-likeness (QED) is 0.353. The summed E-state index contributed by atoms with van der Waals surface area (Å²) in [5.41, 5.74) is 2.96. The lowest BCUT2D eigenvalue weighted by Crippen LogP contribution is -2.25. The van der Waals surface area contributed by atoms with Gasteiger partial charge in [-0.1, -0.05) is 16.9 Å². The number of fused-ring (bicyclic) bond motifs is 1. The van der Waals surface area contributed by atoms with Crippen LogP contribution in [0.15, 0.2) is 49.7 Å². The predicted molar refractivity (Wildman–Crippen MR) is 117 cm³/mol. The molecular formula is C20H21N5O2S2. The molecule has 29 heavy (non-hydrogen) atoms. The number of aryl methyl sites for hydroxylation is 1. The molecule has 0 aliphatic heterocycles. The molecule has 0 aliphatic carbocycles. The summed E-state index contributed by atoms with van der Waals surface area (Å²) in [5.74, 6) is 1.48. The van der Waals surface area contributed by atoms with Gasteiger partial charge in [0.1, 0.15) is 5.52 Å². The molecule has 0 atom stereocenters. The maximum Gasteiger partial charge on any atom is 0.278 e. The molecule has 0 fully saturated rings. The minimum atomic E-state index is -0.0688. The monoisotopic (exact) mass is 427 g/mol. The smallest absolute Gasteiger partial charge is 0.278 e. The van der Waals surface area contributed by atoms with Gasteiger partial charge in [0.05, 0.1) is 11.3 Å². The summed E-state index contributed by atoms with van der Waals surface area (Å²) in [7, 11) is 0. The minimum absolute atomic E-state index is 0.0151. The van der Waals surface area contributed by atoms with Crippen LogP contribution >= 0.6 is 23.5 Å². The number of aromatic nitrogens is 5. The van der Waals surface area contributed by atoms with E-state index in [4.69, 9.17) is 4.52 Å². The third-order valence-electron chi connectivity index (χ3n) is 4.44. The van der Waals surface area contributed by atoms with E-state index in [1.54, 1.807) is 16.3 Å². The highest BCUT2D eigenvalue weighted by Gasteiger charge is 2.17. The lowest BCUT2D eigenvalue weighted by Gasteiger charge is -2.14. The van der Waals surface area contributed by atoms with Crippen molar-refractivity contribution in [1.29, 1.82) is 0 Å². The van der Waals surface area contributed by atoms with Crippen LogP contribution in [0.25, 0.3) is 22.4 Å². The molecule has 1 N–H and O–H groups in total. The number of hydrogen-bond acceptors (Lipinski definition) is 7. The van der Waals surface area contributed by atoms with Gasteiger partial charge in [-0.2, -0.15) is 4.98 Å². The first-order valence-corrected chi connectivity index (χ1v) is 11.4. The molecule has 3 heterocycles. The van der Waals surface area contributed by atoms with E-state index in [0.717, 1.165) is 11.3 Å². The fraction of sp³-hybridized carbons (Fsp3) is 0.300. The average molecular weight is 428 g/mol. The summed E-state index contributed by atoms with van der Waals surface area (Å²) < 4.78 is 7.11. The van der Waals surface area contributed by atoms with Gasteiger partial charge in [0.2, 0.25) is 11.7 Å². The summed E-state index contributed by atoms with van der Waals surface area (Å²) in [6, 6.07) is 9.89. The SMILES string of the molecule is CSc1ccc(-c2noc(CSc3nc4cc(C)[nH]c4c(=O)n3C(C)C)n2)cc1. The van der Waals surface area contributed by atoms with E-state index in [1.165, 1.54) is 16.7 Å². The van der Waals surface area contributed by atoms with Crippen molar-refractivity contribution >= 4 is 34.6 Å². The van der Waals surface area contributed by atoms with Gasteiger partial charge < -0.3 is 9.51 Å². The minimum Gasteiger partial charge on any atom is -0.353 e. The second-order valence-electron chi connectivity index (χ2n) is 6.90. The van der Waals surface area contributed by atoms with Crippen LogP contribution in [0, 0.1) is 6.92 Å². The van der Waals surface area contributed by atoms with Crippen LogP contribution in [0.3, 0.4) is 0 Å². The molecule has 0 radical (unpaired) electrons. The van der Waals surface area contributed by atoms with Crippen LogP contribution in [0.2, 0.25) is 0 Å². The van der Waals surface area contributed by atoms with Gasteiger partial charge in [0.25, 0.3) is 5.56 Å². The standard InChI is InChI=1S/C20H21N5O2S2/c1-11(2)25-19(26)17-15(9-12(3)21-17)22-20(25)29-10-16-23-18(24-27-16)13-5-7-14(28-4)8-6-13/h5-9,11,21H,10H2,1-4H3. The molecule has 3 aromatic heterocycles. The molecular weight excluding hydrogens is 406 g/mol. The fourth-order valence-corrected chi connectivity index (χ4v) is 4.42. The number of nitrogens with one attached hydrogen (secondary N) is 1. The van der Waals surface area contributed by atoms with Crippen LogP contribution in [-0.4, -0.2) is 30.9 Å². The molecule has 9 heteroatoms. The Morgan fingerprint density at radius 3 is 2.66 bits per heavy atom. The highest BCUT2D eigenvalue weighted by molar-refractivity contribution is 7.98. The zero-order valence-electron chi connectivity index (χ0n) is 16.6.